The number of imidazole rings is 1. The average Bonchev–Trinajstić information content (AvgIpc) is 3.42. The van der Waals surface area contributed by atoms with Gasteiger partial charge in [-0.3, -0.25) is 9.78 Å². The van der Waals surface area contributed by atoms with Crippen molar-refractivity contribution < 1.29 is 4.79 Å². The Morgan fingerprint density at radius 3 is 2.90 bits per heavy atom. The monoisotopic (exact) mass is 400 g/mol. The van der Waals surface area contributed by atoms with Crippen LogP contribution >= 0.6 is 0 Å². The lowest BCUT2D eigenvalue weighted by atomic mass is 10.1. The van der Waals surface area contributed by atoms with Crippen LogP contribution in [0.2, 0.25) is 0 Å². The third-order valence-electron chi connectivity index (χ3n) is 5.43. The van der Waals surface area contributed by atoms with Gasteiger partial charge in [0.25, 0.3) is 5.91 Å². The SMILES string of the molecule is Cc1ncccc1C(=O)N1CCC(NCc2cnc(Cc3ccc(C#N)cc3)[nH]2)C1. The second kappa shape index (κ2) is 8.89. The summed E-state index contributed by atoms with van der Waals surface area (Å²) in [5.41, 5.74) is 4.24. The van der Waals surface area contributed by atoms with Crippen molar-refractivity contribution in [3.05, 3.63) is 82.7 Å². The molecule has 1 atom stereocenters. The van der Waals surface area contributed by atoms with Crippen LogP contribution in [0.15, 0.2) is 48.8 Å². The number of H-pyrrole nitrogens is 1. The van der Waals surface area contributed by atoms with Crippen molar-refractivity contribution in [3.63, 3.8) is 0 Å². The molecule has 1 aromatic carbocycles. The summed E-state index contributed by atoms with van der Waals surface area (Å²) in [7, 11) is 0. The van der Waals surface area contributed by atoms with Crippen LogP contribution in [0.4, 0.5) is 0 Å². The number of benzene rings is 1. The van der Waals surface area contributed by atoms with Crippen LogP contribution in [0.5, 0.6) is 0 Å². The van der Waals surface area contributed by atoms with Crippen molar-refractivity contribution in [2.45, 2.75) is 32.4 Å². The molecule has 7 nitrogen and oxygen atoms in total. The van der Waals surface area contributed by atoms with Gasteiger partial charge in [-0.15, -0.1) is 0 Å². The second-order valence-corrected chi connectivity index (χ2v) is 7.59. The number of amides is 1. The minimum Gasteiger partial charge on any atom is -0.345 e. The van der Waals surface area contributed by atoms with Crippen LogP contribution in [-0.4, -0.2) is 44.9 Å². The first-order valence-corrected chi connectivity index (χ1v) is 10.1. The number of carbonyl (C=O) groups excluding carboxylic acids is 1. The molecule has 30 heavy (non-hydrogen) atoms. The van der Waals surface area contributed by atoms with Gasteiger partial charge in [0.1, 0.15) is 5.82 Å². The van der Waals surface area contributed by atoms with Gasteiger partial charge in [0.05, 0.1) is 17.2 Å². The van der Waals surface area contributed by atoms with Gasteiger partial charge < -0.3 is 15.2 Å². The molecule has 152 valence electrons. The number of hydrogen-bond acceptors (Lipinski definition) is 5. The molecule has 1 amide bonds. The molecule has 0 radical (unpaired) electrons. The van der Waals surface area contributed by atoms with Gasteiger partial charge in [-0.25, -0.2) is 4.98 Å². The van der Waals surface area contributed by atoms with Gasteiger partial charge in [0, 0.05) is 55.9 Å². The molecular weight excluding hydrogens is 376 g/mol. The fourth-order valence-corrected chi connectivity index (χ4v) is 3.72. The van der Waals surface area contributed by atoms with E-state index in [9.17, 15) is 4.79 Å². The Bertz CT molecular complexity index is 1070. The summed E-state index contributed by atoms with van der Waals surface area (Å²) in [4.78, 5) is 26.7. The highest BCUT2D eigenvalue weighted by Crippen LogP contribution is 2.16. The molecule has 4 rings (SSSR count). The summed E-state index contributed by atoms with van der Waals surface area (Å²) in [6.45, 7) is 3.99. The number of hydrogen-bond donors (Lipinski definition) is 2. The molecule has 0 bridgehead atoms. The number of aryl methyl sites for hydroxylation is 1. The van der Waals surface area contributed by atoms with Crippen molar-refractivity contribution in [2.24, 2.45) is 0 Å². The number of carbonyl (C=O) groups is 1. The largest absolute Gasteiger partial charge is 0.345 e. The minimum atomic E-state index is 0.0520. The van der Waals surface area contributed by atoms with E-state index in [1.165, 1.54) is 0 Å². The van der Waals surface area contributed by atoms with Crippen LogP contribution < -0.4 is 5.32 Å². The quantitative estimate of drug-likeness (QED) is 0.663. The molecule has 0 aliphatic carbocycles. The minimum absolute atomic E-state index is 0.0520. The highest BCUT2D eigenvalue weighted by Gasteiger charge is 2.27. The van der Waals surface area contributed by atoms with E-state index in [1.807, 2.05) is 48.4 Å². The number of aromatic amines is 1. The van der Waals surface area contributed by atoms with Gasteiger partial charge in [0.15, 0.2) is 0 Å². The lowest BCUT2D eigenvalue weighted by molar-refractivity contribution is 0.0788. The lowest BCUT2D eigenvalue weighted by Gasteiger charge is -2.17. The number of likely N-dealkylation sites (tertiary alicyclic amines) is 1. The van der Waals surface area contributed by atoms with Gasteiger partial charge in [-0.2, -0.15) is 5.26 Å². The molecule has 0 spiro atoms. The number of pyridine rings is 1. The Morgan fingerprint density at radius 1 is 1.30 bits per heavy atom. The summed E-state index contributed by atoms with van der Waals surface area (Å²) < 4.78 is 0. The van der Waals surface area contributed by atoms with Crippen LogP contribution in [0, 0.1) is 18.3 Å². The normalized spacial score (nSPS) is 15.9. The van der Waals surface area contributed by atoms with Crippen LogP contribution in [0.25, 0.3) is 0 Å². The van der Waals surface area contributed by atoms with E-state index in [0.717, 1.165) is 35.7 Å². The maximum Gasteiger partial charge on any atom is 0.255 e. The summed E-state index contributed by atoms with van der Waals surface area (Å²) >= 11 is 0. The van der Waals surface area contributed by atoms with Gasteiger partial charge >= 0.3 is 0 Å². The van der Waals surface area contributed by atoms with E-state index in [1.54, 1.807) is 12.3 Å². The van der Waals surface area contributed by atoms with Gasteiger partial charge in [-0.1, -0.05) is 12.1 Å². The third kappa shape index (κ3) is 4.56. The maximum absolute atomic E-state index is 12.7. The first-order chi connectivity index (χ1) is 14.6. The Balaban J connectivity index is 1.28. The zero-order valence-electron chi connectivity index (χ0n) is 16.9. The van der Waals surface area contributed by atoms with E-state index in [2.05, 4.69) is 26.3 Å². The van der Waals surface area contributed by atoms with Crippen LogP contribution in [0.3, 0.4) is 0 Å². The molecule has 0 saturated carbocycles. The Kier molecular flexibility index (Phi) is 5.87. The van der Waals surface area contributed by atoms with Gasteiger partial charge in [-0.05, 0) is 43.2 Å². The molecule has 3 heterocycles. The molecule has 1 aliphatic heterocycles. The summed E-state index contributed by atoms with van der Waals surface area (Å²) in [6, 6.07) is 13.6. The van der Waals surface area contributed by atoms with Gasteiger partial charge in [0.2, 0.25) is 0 Å². The van der Waals surface area contributed by atoms with E-state index in [0.29, 0.717) is 30.6 Å². The molecular formula is C23H24N6O. The summed E-state index contributed by atoms with van der Waals surface area (Å²) in [5, 5.41) is 12.4. The smallest absolute Gasteiger partial charge is 0.255 e. The van der Waals surface area contributed by atoms with Crippen molar-refractivity contribution >= 4 is 5.91 Å². The van der Waals surface area contributed by atoms with Crippen LogP contribution in [0.1, 0.15) is 45.1 Å². The number of nitrogens with one attached hydrogen (secondary N) is 2. The maximum atomic E-state index is 12.7. The molecule has 1 unspecified atom stereocenters. The first kappa shape index (κ1) is 19.8. The highest BCUT2D eigenvalue weighted by molar-refractivity contribution is 5.95. The molecule has 1 fully saturated rings. The number of aromatic nitrogens is 3. The van der Waals surface area contributed by atoms with Crippen molar-refractivity contribution in [2.75, 3.05) is 13.1 Å². The summed E-state index contributed by atoms with van der Waals surface area (Å²) in [6.07, 6.45) is 5.18. The van der Waals surface area contributed by atoms with E-state index < -0.39 is 0 Å². The van der Waals surface area contributed by atoms with E-state index in [4.69, 9.17) is 5.26 Å². The predicted octanol–water partition coefficient (Wildman–Crippen LogP) is 2.58. The molecule has 2 aromatic heterocycles. The molecule has 3 aromatic rings. The first-order valence-electron chi connectivity index (χ1n) is 10.1. The van der Waals surface area contributed by atoms with Crippen molar-refractivity contribution in [1.29, 1.82) is 5.26 Å². The standard InChI is InChI=1S/C23H24N6O/c1-16-21(3-2-9-25-16)23(30)29-10-8-19(15-29)26-13-20-14-27-22(28-20)11-17-4-6-18(12-24)7-5-17/h2-7,9,14,19,26H,8,10-11,13,15H2,1H3,(H,27,28). The number of nitrogens with zero attached hydrogens (tertiary/aromatic N) is 4. The zero-order chi connectivity index (χ0) is 20.9. The topological polar surface area (TPSA) is 97.7 Å². The number of nitriles is 1. The molecule has 7 heteroatoms. The highest BCUT2D eigenvalue weighted by atomic mass is 16.2. The van der Waals surface area contributed by atoms with Crippen molar-refractivity contribution in [1.82, 2.24) is 25.2 Å². The molecule has 1 aliphatic rings. The lowest BCUT2D eigenvalue weighted by Crippen LogP contribution is -2.35. The Labute approximate surface area is 175 Å². The Morgan fingerprint density at radius 2 is 2.13 bits per heavy atom. The van der Waals surface area contributed by atoms with E-state index >= 15 is 0 Å². The fraction of sp³-hybridized carbons (Fsp3) is 0.304. The predicted molar refractivity (Wildman–Crippen MR) is 113 cm³/mol. The second-order valence-electron chi connectivity index (χ2n) is 7.59. The number of rotatable bonds is 6. The zero-order valence-corrected chi connectivity index (χ0v) is 16.9. The van der Waals surface area contributed by atoms with Crippen LogP contribution in [-0.2, 0) is 13.0 Å². The molecule has 2 N–H and O–H groups in total. The summed E-state index contributed by atoms with van der Waals surface area (Å²) in [5.74, 6) is 0.947. The average molecular weight is 400 g/mol. The fourth-order valence-electron chi connectivity index (χ4n) is 3.72. The third-order valence-corrected chi connectivity index (χ3v) is 5.43. The molecule has 1 saturated heterocycles. The van der Waals surface area contributed by atoms with E-state index in [-0.39, 0.29) is 11.9 Å². The Hall–Kier alpha value is -3.50. The van der Waals surface area contributed by atoms with Crippen molar-refractivity contribution in [3.8, 4) is 6.07 Å².